The fourth-order valence-electron chi connectivity index (χ4n) is 5.10. The molecule has 0 saturated carbocycles. The SMILES string of the molecule is CCCCCCN(CCCCCC)P(Cl)(N(CC)CC)(N(CC)CC)N(CC)CC. The van der Waals surface area contributed by atoms with E-state index < -0.39 is 6.56 Å². The molecule has 0 bridgehead atoms. The van der Waals surface area contributed by atoms with Gasteiger partial charge in [0.1, 0.15) is 0 Å². The number of hydrogen-bond acceptors (Lipinski definition) is 4. The molecular weight excluding hydrogens is 411 g/mol. The Labute approximate surface area is 195 Å². The first-order valence-electron chi connectivity index (χ1n) is 13.2. The Kier molecular flexibility index (Phi) is 16.5. The van der Waals surface area contributed by atoms with Gasteiger partial charge in [-0.25, -0.2) is 0 Å². The second-order valence-electron chi connectivity index (χ2n) is 8.33. The third-order valence-electron chi connectivity index (χ3n) is 6.68. The maximum atomic E-state index is 8.32. The number of rotatable bonds is 20. The quantitative estimate of drug-likeness (QED) is 0.134. The maximum absolute atomic E-state index is 8.32. The molecule has 0 amide bonds. The predicted molar refractivity (Wildman–Crippen MR) is 141 cm³/mol. The minimum atomic E-state index is -3.15. The van der Waals surface area contributed by atoms with Gasteiger partial charge in [-0.15, -0.1) is 0 Å². The van der Waals surface area contributed by atoms with E-state index in [9.17, 15) is 0 Å². The van der Waals surface area contributed by atoms with Crippen molar-refractivity contribution in [2.75, 3.05) is 52.4 Å². The molecule has 0 aromatic carbocycles. The number of hydrogen-bond donors (Lipinski definition) is 0. The first kappa shape index (κ1) is 30.6. The molecule has 0 saturated heterocycles. The fraction of sp³-hybridized carbons (Fsp3) is 1.00. The molecule has 0 N–H and O–H groups in total. The van der Waals surface area contributed by atoms with Gasteiger partial charge in [0, 0.05) is 0 Å². The first-order valence-corrected chi connectivity index (χ1v) is 16.1. The third-order valence-corrected chi connectivity index (χ3v) is 15.2. The van der Waals surface area contributed by atoms with Crippen molar-refractivity contribution < 1.29 is 0 Å². The Hall–Kier alpha value is 0.560. The Morgan fingerprint density at radius 2 is 0.733 bits per heavy atom. The van der Waals surface area contributed by atoms with E-state index in [4.69, 9.17) is 11.2 Å². The molecule has 0 aromatic rings. The summed E-state index contributed by atoms with van der Waals surface area (Å²) in [5, 5.41) is 0. The molecule has 0 aliphatic heterocycles. The number of nitrogens with zero attached hydrogens (tertiary/aromatic N) is 4. The van der Waals surface area contributed by atoms with Gasteiger partial charge < -0.3 is 0 Å². The van der Waals surface area contributed by atoms with Gasteiger partial charge in [0.05, 0.1) is 0 Å². The molecule has 0 rings (SSSR count). The second kappa shape index (κ2) is 16.2. The van der Waals surface area contributed by atoms with E-state index in [-0.39, 0.29) is 0 Å². The van der Waals surface area contributed by atoms with Crippen molar-refractivity contribution in [2.45, 2.75) is 107 Å². The van der Waals surface area contributed by atoms with Gasteiger partial charge in [-0.05, 0) is 0 Å². The van der Waals surface area contributed by atoms with Gasteiger partial charge in [-0.3, -0.25) is 0 Å². The van der Waals surface area contributed by atoms with Crippen LogP contribution in [0.2, 0.25) is 0 Å². The molecule has 6 heteroatoms. The van der Waals surface area contributed by atoms with Crippen molar-refractivity contribution in [2.24, 2.45) is 0 Å². The monoisotopic (exact) mass is 466 g/mol. The molecule has 0 spiro atoms. The van der Waals surface area contributed by atoms with Crippen LogP contribution in [0.25, 0.3) is 0 Å². The molecule has 184 valence electrons. The van der Waals surface area contributed by atoms with E-state index in [0.29, 0.717) is 0 Å². The van der Waals surface area contributed by atoms with Crippen molar-refractivity contribution in [1.29, 1.82) is 0 Å². The molecule has 0 atom stereocenters. The molecule has 4 nitrogen and oxygen atoms in total. The summed E-state index contributed by atoms with van der Waals surface area (Å²) in [6, 6.07) is 0. The summed E-state index contributed by atoms with van der Waals surface area (Å²) in [6.07, 6.45) is 10.3. The molecule has 30 heavy (non-hydrogen) atoms. The summed E-state index contributed by atoms with van der Waals surface area (Å²) in [7, 11) is 0. The summed E-state index contributed by atoms with van der Waals surface area (Å²) in [5.41, 5.74) is 0. The van der Waals surface area contributed by atoms with Crippen molar-refractivity contribution in [3.8, 4) is 0 Å². The average Bonchev–Trinajstić information content (AvgIpc) is 2.75. The number of halogens is 1. The molecule has 0 aliphatic carbocycles. The van der Waals surface area contributed by atoms with E-state index >= 15 is 0 Å². The standard InChI is InChI=1S/C24H56ClN4P/c1-9-17-19-21-23-29(24-22-20-18-10-2)30(25,26(11-3)12-4,27(13-5)14-6)28(15-7)16-8/h9-24H2,1-8H3. The molecule has 0 fully saturated rings. The van der Waals surface area contributed by atoms with Crippen LogP contribution in [-0.4, -0.2) is 71.0 Å². The van der Waals surface area contributed by atoms with Crippen LogP contribution in [0, 0.1) is 0 Å². The van der Waals surface area contributed by atoms with Crippen LogP contribution >= 0.6 is 17.8 Å². The van der Waals surface area contributed by atoms with Crippen molar-refractivity contribution in [1.82, 2.24) is 18.7 Å². The van der Waals surface area contributed by atoms with Gasteiger partial charge in [0.25, 0.3) is 0 Å². The fourth-order valence-corrected chi connectivity index (χ4v) is 13.5. The van der Waals surface area contributed by atoms with Crippen LogP contribution < -0.4 is 0 Å². The summed E-state index contributed by atoms with van der Waals surface area (Å²) < 4.78 is 10.7. The van der Waals surface area contributed by atoms with E-state index in [1.54, 1.807) is 0 Å². The zero-order valence-corrected chi connectivity index (χ0v) is 23.6. The predicted octanol–water partition coefficient (Wildman–Crippen LogP) is 7.84. The molecule has 0 heterocycles. The third kappa shape index (κ3) is 6.78. The van der Waals surface area contributed by atoms with Crippen molar-refractivity contribution in [3.05, 3.63) is 0 Å². The van der Waals surface area contributed by atoms with Gasteiger partial charge >= 0.3 is 196 Å². The molecule has 0 aliphatic rings. The van der Waals surface area contributed by atoms with E-state index in [1.807, 2.05) is 0 Å². The van der Waals surface area contributed by atoms with Crippen molar-refractivity contribution >= 4 is 17.8 Å². The average molecular weight is 467 g/mol. The van der Waals surface area contributed by atoms with Crippen LogP contribution in [-0.2, 0) is 0 Å². The molecule has 0 radical (unpaired) electrons. The topological polar surface area (TPSA) is 13.0 Å². The van der Waals surface area contributed by atoms with Crippen LogP contribution in [0.4, 0.5) is 0 Å². The summed E-state index contributed by atoms with van der Waals surface area (Å²) in [6.45, 7) is 23.4. The minimum absolute atomic E-state index is 0.991. The van der Waals surface area contributed by atoms with Crippen molar-refractivity contribution in [3.63, 3.8) is 0 Å². The Morgan fingerprint density at radius 1 is 0.433 bits per heavy atom. The summed E-state index contributed by atoms with van der Waals surface area (Å²) in [5.74, 6) is 0. The zero-order valence-electron chi connectivity index (χ0n) is 21.9. The Morgan fingerprint density at radius 3 is 0.967 bits per heavy atom. The van der Waals surface area contributed by atoms with Gasteiger partial charge in [0.15, 0.2) is 0 Å². The van der Waals surface area contributed by atoms with Crippen LogP contribution in [0.3, 0.4) is 0 Å². The first-order chi connectivity index (χ1) is 14.4. The van der Waals surface area contributed by atoms with Crippen LogP contribution in [0.5, 0.6) is 0 Å². The zero-order chi connectivity index (χ0) is 23.1. The van der Waals surface area contributed by atoms with Crippen LogP contribution in [0.1, 0.15) is 107 Å². The summed E-state index contributed by atoms with van der Waals surface area (Å²) in [4.78, 5) is 0. The van der Waals surface area contributed by atoms with E-state index in [2.05, 4.69) is 74.1 Å². The summed E-state index contributed by atoms with van der Waals surface area (Å²) >= 11 is 8.32. The molecular formula is C24H56ClN4P. The van der Waals surface area contributed by atoms with Crippen LogP contribution in [0.15, 0.2) is 0 Å². The second-order valence-corrected chi connectivity index (χ2v) is 14.1. The Balaban J connectivity index is 6.48. The normalized spacial score (nSPS) is 14.2. The molecule has 0 unspecified atom stereocenters. The van der Waals surface area contributed by atoms with Gasteiger partial charge in [-0.1, -0.05) is 0 Å². The van der Waals surface area contributed by atoms with E-state index in [1.165, 1.54) is 51.4 Å². The van der Waals surface area contributed by atoms with Gasteiger partial charge in [0.2, 0.25) is 0 Å². The van der Waals surface area contributed by atoms with Gasteiger partial charge in [-0.2, -0.15) is 0 Å². The molecule has 0 aromatic heterocycles. The number of unbranched alkanes of at least 4 members (excludes halogenated alkanes) is 6. The van der Waals surface area contributed by atoms with E-state index in [0.717, 1.165) is 52.4 Å². The Bertz CT molecular complexity index is 366.